The summed E-state index contributed by atoms with van der Waals surface area (Å²) in [6.45, 7) is 6.92. The van der Waals surface area contributed by atoms with Crippen LogP contribution in [0.4, 0.5) is 11.5 Å². The second-order valence-electron chi connectivity index (χ2n) is 5.09. The van der Waals surface area contributed by atoms with Crippen molar-refractivity contribution >= 4 is 11.5 Å². The molecule has 0 radical (unpaired) electrons. The number of rotatable bonds is 1. The van der Waals surface area contributed by atoms with Crippen LogP contribution in [-0.2, 0) is 0 Å². The Bertz CT molecular complexity index is 319. The fourth-order valence-electron chi connectivity index (χ4n) is 1.95. The Morgan fingerprint density at radius 1 is 1.27 bits per heavy atom. The van der Waals surface area contributed by atoms with Gasteiger partial charge in [0.1, 0.15) is 5.82 Å². The second-order valence-corrected chi connectivity index (χ2v) is 5.09. The minimum atomic E-state index is 0.498. The number of pyridine rings is 1. The van der Waals surface area contributed by atoms with Gasteiger partial charge in [-0.05, 0) is 30.4 Å². The monoisotopic (exact) mass is 205 g/mol. The molecule has 1 saturated heterocycles. The van der Waals surface area contributed by atoms with Gasteiger partial charge in [0.2, 0.25) is 0 Å². The van der Waals surface area contributed by atoms with Crippen molar-refractivity contribution in [3.8, 4) is 0 Å². The van der Waals surface area contributed by atoms with Crippen LogP contribution in [0.2, 0.25) is 0 Å². The average Bonchev–Trinajstić information content (AvgIpc) is 2.20. The number of aromatic nitrogens is 1. The van der Waals surface area contributed by atoms with Crippen molar-refractivity contribution in [2.24, 2.45) is 5.41 Å². The van der Waals surface area contributed by atoms with E-state index in [9.17, 15) is 0 Å². The molecular formula is C12H19N3. The number of nitrogens with two attached hydrogens (primary N) is 1. The predicted octanol–water partition coefficient (Wildman–Crippen LogP) is 2.29. The Kier molecular flexibility index (Phi) is 2.55. The summed E-state index contributed by atoms with van der Waals surface area (Å²) >= 11 is 0. The zero-order valence-corrected chi connectivity index (χ0v) is 9.53. The minimum Gasteiger partial charge on any atom is -0.384 e. The molecule has 15 heavy (non-hydrogen) atoms. The predicted molar refractivity (Wildman–Crippen MR) is 63.9 cm³/mol. The Morgan fingerprint density at radius 2 is 1.93 bits per heavy atom. The number of nitrogen functional groups attached to an aromatic ring is 1. The highest BCUT2D eigenvalue weighted by atomic mass is 15.1. The number of anilines is 2. The van der Waals surface area contributed by atoms with Crippen molar-refractivity contribution in [1.29, 1.82) is 0 Å². The second kappa shape index (κ2) is 3.72. The van der Waals surface area contributed by atoms with Crippen LogP contribution < -0.4 is 10.6 Å². The summed E-state index contributed by atoms with van der Waals surface area (Å²) < 4.78 is 0. The van der Waals surface area contributed by atoms with Crippen LogP contribution in [0.1, 0.15) is 26.7 Å². The molecule has 1 aliphatic heterocycles. The molecule has 0 amide bonds. The molecule has 3 nitrogen and oxygen atoms in total. The summed E-state index contributed by atoms with van der Waals surface area (Å²) in [5.41, 5.74) is 7.26. The number of hydrogen-bond acceptors (Lipinski definition) is 3. The fourth-order valence-corrected chi connectivity index (χ4v) is 1.95. The van der Waals surface area contributed by atoms with Crippen molar-refractivity contribution < 1.29 is 0 Å². The molecule has 0 aliphatic carbocycles. The van der Waals surface area contributed by atoms with Crippen molar-refractivity contribution in [2.75, 3.05) is 23.7 Å². The summed E-state index contributed by atoms with van der Waals surface area (Å²) in [4.78, 5) is 6.51. The first-order chi connectivity index (χ1) is 7.07. The normalized spacial score (nSPS) is 20.3. The lowest BCUT2D eigenvalue weighted by Gasteiger charge is -2.38. The van der Waals surface area contributed by atoms with Gasteiger partial charge in [-0.15, -0.1) is 0 Å². The summed E-state index contributed by atoms with van der Waals surface area (Å²) in [5.74, 6) is 0.594. The van der Waals surface area contributed by atoms with Crippen LogP contribution in [0.5, 0.6) is 0 Å². The van der Waals surface area contributed by atoms with Gasteiger partial charge in [0.05, 0.1) is 11.9 Å². The summed E-state index contributed by atoms with van der Waals surface area (Å²) in [6, 6.07) is 3.93. The highest BCUT2D eigenvalue weighted by Gasteiger charge is 2.25. The molecule has 2 heterocycles. The Balaban J connectivity index is 2.04. The van der Waals surface area contributed by atoms with Gasteiger partial charge < -0.3 is 10.6 Å². The lowest BCUT2D eigenvalue weighted by Crippen LogP contribution is -2.37. The van der Waals surface area contributed by atoms with Crippen molar-refractivity contribution in [1.82, 2.24) is 4.98 Å². The molecule has 1 aromatic heterocycles. The quantitative estimate of drug-likeness (QED) is 0.765. The lowest BCUT2D eigenvalue weighted by molar-refractivity contribution is 0.280. The molecule has 2 N–H and O–H groups in total. The first-order valence-electron chi connectivity index (χ1n) is 5.53. The molecule has 0 atom stereocenters. The van der Waals surface area contributed by atoms with Gasteiger partial charge in [-0.25, -0.2) is 4.98 Å². The smallest absolute Gasteiger partial charge is 0.123 e. The van der Waals surface area contributed by atoms with E-state index in [1.54, 1.807) is 0 Å². The molecule has 82 valence electrons. The van der Waals surface area contributed by atoms with Gasteiger partial charge in [0.25, 0.3) is 0 Å². The Morgan fingerprint density at radius 3 is 2.47 bits per heavy atom. The number of piperidine rings is 1. The van der Waals surface area contributed by atoms with Gasteiger partial charge in [-0.2, -0.15) is 0 Å². The van der Waals surface area contributed by atoms with E-state index in [2.05, 4.69) is 29.8 Å². The SMILES string of the molecule is CC1(C)CCN(c2ccc(N)nc2)CC1. The van der Waals surface area contributed by atoms with E-state index in [1.165, 1.54) is 18.5 Å². The molecular weight excluding hydrogens is 186 g/mol. The summed E-state index contributed by atoms with van der Waals surface area (Å²) in [6.07, 6.45) is 4.36. The van der Waals surface area contributed by atoms with E-state index >= 15 is 0 Å². The standard InChI is InChI=1S/C12H19N3/c1-12(2)5-7-15(8-6-12)10-3-4-11(13)14-9-10/h3-4,9H,5-8H2,1-2H3,(H2,13,14). The van der Waals surface area contributed by atoms with Gasteiger partial charge in [-0.1, -0.05) is 13.8 Å². The first kappa shape index (κ1) is 10.3. The van der Waals surface area contributed by atoms with E-state index in [-0.39, 0.29) is 0 Å². The zero-order valence-electron chi connectivity index (χ0n) is 9.53. The van der Waals surface area contributed by atoms with E-state index in [4.69, 9.17) is 5.73 Å². The fraction of sp³-hybridized carbons (Fsp3) is 0.583. The zero-order chi connectivity index (χ0) is 10.9. The molecule has 0 saturated carbocycles. The van der Waals surface area contributed by atoms with Gasteiger partial charge in [-0.3, -0.25) is 0 Å². The van der Waals surface area contributed by atoms with E-state index in [0.29, 0.717) is 11.2 Å². The molecule has 3 heteroatoms. The summed E-state index contributed by atoms with van der Waals surface area (Å²) in [7, 11) is 0. The van der Waals surface area contributed by atoms with Crippen LogP contribution in [0, 0.1) is 5.41 Å². The largest absolute Gasteiger partial charge is 0.384 e. The first-order valence-corrected chi connectivity index (χ1v) is 5.53. The summed E-state index contributed by atoms with van der Waals surface area (Å²) in [5, 5.41) is 0. The van der Waals surface area contributed by atoms with Crippen molar-refractivity contribution in [2.45, 2.75) is 26.7 Å². The van der Waals surface area contributed by atoms with Crippen molar-refractivity contribution in [3.63, 3.8) is 0 Å². The van der Waals surface area contributed by atoms with Crippen LogP contribution in [0.3, 0.4) is 0 Å². The molecule has 1 fully saturated rings. The van der Waals surface area contributed by atoms with Crippen LogP contribution >= 0.6 is 0 Å². The molecule has 1 aromatic rings. The maximum atomic E-state index is 5.57. The minimum absolute atomic E-state index is 0.498. The van der Waals surface area contributed by atoms with Gasteiger partial charge in [0.15, 0.2) is 0 Å². The van der Waals surface area contributed by atoms with E-state index in [0.717, 1.165) is 13.1 Å². The van der Waals surface area contributed by atoms with Crippen LogP contribution in [0.25, 0.3) is 0 Å². The van der Waals surface area contributed by atoms with Crippen LogP contribution in [0.15, 0.2) is 18.3 Å². The lowest BCUT2D eigenvalue weighted by atomic mass is 9.82. The molecule has 0 spiro atoms. The van der Waals surface area contributed by atoms with Gasteiger partial charge in [0, 0.05) is 13.1 Å². The Hall–Kier alpha value is -1.25. The molecule has 2 rings (SSSR count). The number of nitrogens with zero attached hydrogens (tertiary/aromatic N) is 2. The molecule has 0 aromatic carbocycles. The highest BCUT2D eigenvalue weighted by Crippen LogP contribution is 2.31. The molecule has 0 unspecified atom stereocenters. The maximum absolute atomic E-state index is 5.57. The van der Waals surface area contributed by atoms with Gasteiger partial charge >= 0.3 is 0 Å². The van der Waals surface area contributed by atoms with Crippen molar-refractivity contribution in [3.05, 3.63) is 18.3 Å². The highest BCUT2D eigenvalue weighted by molar-refractivity contribution is 5.48. The third kappa shape index (κ3) is 2.41. The maximum Gasteiger partial charge on any atom is 0.123 e. The third-order valence-electron chi connectivity index (χ3n) is 3.25. The van der Waals surface area contributed by atoms with E-state index in [1.807, 2.05) is 12.3 Å². The Labute approximate surface area is 91.3 Å². The molecule has 0 bridgehead atoms. The molecule has 1 aliphatic rings. The average molecular weight is 205 g/mol. The van der Waals surface area contributed by atoms with Crippen LogP contribution in [-0.4, -0.2) is 18.1 Å². The topological polar surface area (TPSA) is 42.1 Å². The number of hydrogen-bond donors (Lipinski definition) is 1. The third-order valence-corrected chi connectivity index (χ3v) is 3.25. The van der Waals surface area contributed by atoms with E-state index < -0.39 is 0 Å².